The van der Waals surface area contributed by atoms with Gasteiger partial charge in [0.15, 0.2) is 0 Å². The smallest absolute Gasteiger partial charge is 0.0583 e. The molecule has 0 amide bonds. The van der Waals surface area contributed by atoms with E-state index in [4.69, 9.17) is 0 Å². The van der Waals surface area contributed by atoms with Crippen molar-refractivity contribution in [1.82, 2.24) is 0 Å². The zero-order valence-electron chi connectivity index (χ0n) is 12.1. The highest BCUT2D eigenvalue weighted by atomic mass is 15.0. The lowest BCUT2D eigenvalue weighted by Crippen LogP contribution is -2.08. The van der Waals surface area contributed by atoms with Gasteiger partial charge in [-0.1, -0.05) is 35.9 Å². The van der Waals surface area contributed by atoms with Gasteiger partial charge in [-0.15, -0.1) is 0 Å². The van der Waals surface area contributed by atoms with Gasteiger partial charge in [0.2, 0.25) is 0 Å². The second kappa shape index (κ2) is 5.79. The molecular formula is C17H22N2. The molecule has 1 atom stereocenters. The molecule has 0 saturated heterocycles. The highest BCUT2D eigenvalue weighted by Crippen LogP contribution is 2.27. The van der Waals surface area contributed by atoms with E-state index in [1.807, 2.05) is 7.05 Å². The fourth-order valence-corrected chi connectivity index (χ4v) is 2.17. The van der Waals surface area contributed by atoms with Crippen LogP contribution in [0.5, 0.6) is 0 Å². The van der Waals surface area contributed by atoms with Crippen molar-refractivity contribution < 1.29 is 0 Å². The molecule has 2 heteroatoms. The summed E-state index contributed by atoms with van der Waals surface area (Å²) < 4.78 is 0. The average Bonchev–Trinajstić information content (AvgIpc) is 2.39. The van der Waals surface area contributed by atoms with Crippen molar-refractivity contribution in [1.29, 1.82) is 0 Å². The molecule has 0 aliphatic heterocycles. The van der Waals surface area contributed by atoms with Gasteiger partial charge in [-0.3, -0.25) is 0 Å². The molecule has 0 saturated carbocycles. The van der Waals surface area contributed by atoms with E-state index < -0.39 is 0 Å². The first-order valence-corrected chi connectivity index (χ1v) is 6.71. The molecule has 0 aliphatic rings. The Bertz CT molecular complexity index is 544. The van der Waals surface area contributed by atoms with Gasteiger partial charge < -0.3 is 10.6 Å². The number of rotatable bonds is 4. The Hall–Kier alpha value is -1.96. The lowest BCUT2D eigenvalue weighted by atomic mass is 10.1. The summed E-state index contributed by atoms with van der Waals surface area (Å²) in [5, 5.41) is 6.80. The van der Waals surface area contributed by atoms with Gasteiger partial charge in [0.1, 0.15) is 0 Å². The molecule has 2 N–H and O–H groups in total. The van der Waals surface area contributed by atoms with Crippen LogP contribution in [-0.2, 0) is 0 Å². The van der Waals surface area contributed by atoms with Crippen molar-refractivity contribution in [2.45, 2.75) is 26.8 Å². The third kappa shape index (κ3) is 3.28. The Morgan fingerprint density at radius 2 is 1.47 bits per heavy atom. The Kier molecular flexibility index (Phi) is 4.10. The maximum atomic E-state index is 3.58. The first-order chi connectivity index (χ1) is 9.10. The quantitative estimate of drug-likeness (QED) is 0.838. The van der Waals surface area contributed by atoms with E-state index in [9.17, 15) is 0 Å². The molecule has 2 rings (SSSR count). The summed E-state index contributed by atoms with van der Waals surface area (Å²) in [5.74, 6) is 0. The molecule has 0 fully saturated rings. The number of aryl methyl sites for hydroxylation is 2. The molecule has 2 nitrogen and oxygen atoms in total. The van der Waals surface area contributed by atoms with Crippen LogP contribution in [0.1, 0.15) is 29.7 Å². The van der Waals surface area contributed by atoms with Crippen LogP contribution in [0.2, 0.25) is 0 Å². The summed E-state index contributed by atoms with van der Waals surface area (Å²) in [7, 11) is 1.95. The first-order valence-electron chi connectivity index (χ1n) is 6.71. The summed E-state index contributed by atoms with van der Waals surface area (Å²) in [6.07, 6.45) is 0. The second-order valence-corrected chi connectivity index (χ2v) is 5.08. The van der Waals surface area contributed by atoms with Gasteiger partial charge in [0.25, 0.3) is 0 Å². The number of hydrogen-bond acceptors (Lipinski definition) is 2. The van der Waals surface area contributed by atoms with E-state index in [0.29, 0.717) is 0 Å². The minimum Gasteiger partial charge on any atom is -0.386 e. The molecule has 0 bridgehead atoms. The van der Waals surface area contributed by atoms with Crippen LogP contribution in [0.15, 0.2) is 42.5 Å². The predicted octanol–water partition coefficient (Wildman–Crippen LogP) is 4.52. The van der Waals surface area contributed by atoms with Gasteiger partial charge in [-0.05, 0) is 44.0 Å². The van der Waals surface area contributed by atoms with Crippen LogP contribution < -0.4 is 10.6 Å². The van der Waals surface area contributed by atoms with E-state index in [1.54, 1.807) is 0 Å². The molecule has 100 valence electrons. The van der Waals surface area contributed by atoms with E-state index >= 15 is 0 Å². The van der Waals surface area contributed by atoms with Crippen molar-refractivity contribution in [3.05, 3.63) is 59.2 Å². The number of nitrogens with one attached hydrogen (secondary N) is 2. The molecule has 1 unspecified atom stereocenters. The standard InChI is InChI=1S/C17H22N2/c1-12-5-8-15(9-6-12)14(3)19-17-11-13(2)7-10-16(17)18-4/h5-11,14,18-19H,1-4H3. The minimum absolute atomic E-state index is 0.287. The monoisotopic (exact) mass is 254 g/mol. The summed E-state index contributed by atoms with van der Waals surface area (Å²) >= 11 is 0. The summed E-state index contributed by atoms with van der Waals surface area (Å²) in [5.41, 5.74) is 6.13. The Balaban J connectivity index is 2.20. The zero-order valence-corrected chi connectivity index (χ0v) is 12.1. The lowest BCUT2D eigenvalue weighted by Gasteiger charge is -2.19. The Morgan fingerprint density at radius 1 is 0.842 bits per heavy atom. The summed E-state index contributed by atoms with van der Waals surface area (Å²) in [6.45, 7) is 6.41. The van der Waals surface area contributed by atoms with Crippen molar-refractivity contribution in [3.63, 3.8) is 0 Å². The maximum Gasteiger partial charge on any atom is 0.0583 e. The maximum absolute atomic E-state index is 3.58. The fraction of sp³-hybridized carbons (Fsp3) is 0.294. The fourth-order valence-electron chi connectivity index (χ4n) is 2.17. The van der Waals surface area contributed by atoms with E-state index in [1.165, 1.54) is 16.7 Å². The number of hydrogen-bond donors (Lipinski definition) is 2. The molecular weight excluding hydrogens is 232 g/mol. The molecule has 2 aromatic carbocycles. The molecule has 0 heterocycles. The first kappa shape index (κ1) is 13.5. The van der Waals surface area contributed by atoms with Gasteiger partial charge in [-0.2, -0.15) is 0 Å². The normalized spacial score (nSPS) is 12.0. The van der Waals surface area contributed by atoms with Crippen molar-refractivity contribution in [3.8, 4) is 0 Å². The lowest BCUT2D eigenvalue weighted by molar-refractivity contribution is 0.884. The Labute approximate surface area is 115 Å². The van der Waals surface area contributed by atoms with E-state index in [-0.39, 0.29) is 6.04 Å². The summed E-state index contributed by atoms with van der Waals surface area (Å²) in [6, 6.07) is 15.4. The zero-order chi connectivity index (χ0) is 13.8. The van der Waals surface area contributed by atoms with Crippen LogP contribution >= 0.6 is 0 Å². The van der Waals surface area contributed by atoms with E-state index in [2.05, 4.69) is 73.9 Å². The van der Waals surface area contributed by atoms with E-state index in [0.717, 1.165) is 11.4 Å². The topological polar surface area (TPSA) is 24.1 Å². The minimum atomic E-state index is 0.287. The largest absolute Gasteiger partial charge is 0.386 e. The predicted molar refractivity (Wildman–Crippen MR) is 83.9 cm³/mol. The van der Waals surface area contributed by atoms with Crippen LogP contribution in [0, 0.1) is 13.8 Å². The van der Waals surface area contributed by atoms with Gasteiger partial charge in [0.05, 0.1) is 11.4 Å². The molecule has 19 heavy (non-hydrogen) atoms. The van der Waals surface area contributed by atoms with Crippen molar-refractivity contribution in [2.75, 3.05) is 17.7 Å². The molecule has 0 aromatic heterocycles. The SMILES string of the molecule is CNc1ccc(C)cc1NC(C)c1ccc(C)cc1. The number of benzene rings is 2. The highest BCUT2D eigenvalue weighted by Gasteiger charge is 2.08. The molecule has 0 radical (unpaired) electrons. The number of anilines is 2. The third-order valence-electron chi connectivity index (χ3n) is 3.39. The van der Waals surface area contributed by atoms with Gasteiger partial charge in [0, 0.05) is 13.1 Å². The van der Waals surface area contributed by atoms with Gasteiger partial charge >= 0.3 is 0 Å². The molecule has 0 aliphatic carbocycles. The van der Waals surface area contributed by atoms with Crippen LogP contribution in [0.3, 0.4) is 0 Å². The Morgan fingerprint density at radius 3 is 2.11 bits per heavy atom. The van der Waals surface area contributed by atoms with Crippen molar-refractivity contribution in [2.24, 2.45) is 0 Å². The highest BCUT2D eigenvalue weighted by molar-refractivity contribution is 5.70. The second-order valence-electron chi connectivity index (χ2n) is 5.08. The summed E-state index contributed by atoms with van der Waals surface area (Å²) in [4.78, 5) is 0. The van der Waals surface area contributed by atoms with Crippen molar-refractivity contribution >= 4 is 11.4 Å². The van der Waals surface area contributed by atoms with Crippen LogP contribution in [0.25, 0.3) is 0 Å². The average molecular weight is 254 g/mol. The van der Waals surface area contributed by atoms with Gasteiger partial charge in [-0.25, -0.2) is 0 Å². The third-order valence-corrected chi connectivity index (χ3v) is 3.39. The van der Waals surface area contributed by atoms with Crippen LogP contribution in [0.4, 0.5) is 11.4 Å². The molecule has 2 aromatic rings. The van der Waals surface area contributed by atoms with Crippen LogP contribution in [-0.4, -0.2) is 7.05 Å². The molecule has 0 spiro atoms.